The van der Waals surface area contributed by atoms with Crippen LogP contribution in [0.5, 0.6) is 0 Å². The molecule has 1 fully saturated rings. The maximum Gasteiger partial charge on any atom is 0.309 e. The summed E-state index contributed by atoms with van der Waals surface area (Å²) in [6.07, 6.45) is -1.67. The van der Waals surface area contributed by atoms with E-state index in [0.717, 1.165) is 0 Å². The Morgan fingerprint density at radius 1 is 0.684 bits per heavy atom. The second kappa shape index (κ2) is 7.76. The maximum absolute atomic E-state index is 11.4. The fraction of sp³-hybridized carbons (Fsp3) is 0.769. The molecular weight excluding hydrogens is 252 g/mol. The fourth-order valence-electron chi connectivity index (χ4n) is 1.65. The fourth-order valence-corrected chi connectivity index (χ4v) is 1.65. The third kappa shape index (κ3) is 6.79. The monoisotopic (exact) mass is 274 g/mol. The molecule has 110 valence electrons. The summed E-state index contributed by atoms with van der Waals surface area (Å²) in [5, 5.41) is 0. The van der Waals surface area contributed by atoms with Crippen molar-refractivity contribution < 1.29 is 28.6 Å². The zero-order chi connectivity index (χ0) is 13.7. The number of carbonyl (C=O) groups excluding carboxylic acids is 3. The lowest BCUT2D eigenvalue weighted by Crippen LogP contribution is -2.29. The Kier molecular flexibility index (Phi) is 7.11. The summed E-state index contributed by atoms with van der Waals surface area (Å²) in [6, 6.07) is 0. The van der Waals surface area contributed by atoms with Crippen molar-refractivity contribution in [3.05, 3.63) is 0 Å². The van der Waals surface area contributed by atoms with Gasteiger partial charge in [0.15, 0.2) is 0 Å². The Bertz CT molecular complexity index is 262. The van der Waals surface area contributed by atoms with Gasteiger partial charge in [0.05, 0.1) is 19.3 Å². The second-order valence-corrected chi connectivity index (χ2v) is 4.51. The van der Waals surface area contributed by atoms with E-state index in [0.29, 0.717) is 0 Å². The number of cyclic esters (lactones) is 3. The smallest absolute Gasteiger partial charge is 0.309 e. The Morgan fingerprint density at radius 3 is 1.11 bits per heavy atom. The molecule has 6 heteroatoms. The SMILES string of the molecule is C.C[C@@H]1CC(=O)O[C@H](C)CC(=O)O[C@H](C)CC(=O)O1. The number of hydrogen-bond donors (Lipinski definition) is 0. The van der Waals surface area contributed by atoms with Crippen LogP contribution in [0.2, 0.25) is 0 Å². The van der Waals surface area contributed by atoms with E-state index >= 15 is 0 Å². The zero-order valence-corrected chi connectivity index (χ0v) is 10.8. The topological polar surface area (TPSA) is 78.9 Å². The van der Waals surface area contributed by atoms with Crippen molar-refractivity contribution in [2.75, 3.05) is 0 Å². The van der Waals surface area contributed by atoms with E-state index in [1.807, 2.05) is 0 Å². The summed E-state index contributed by atoms with van der Waals surface area (Å²) < 4.78 is 15.0. The molecule has 0 N–H and O–H groups in total. The molecule has 1 aliphatic heterocycles. The molecule has 0 aromatic rings. The number of ether oxygens (including phenoxy) is 3. The molecule has 0 aromatic heterocycles. The van der Waals surface area contributed by atoms with Crippen LogP contribution >= 0.6 is 0 Å². The van der Waals surface area contributed by atoms with E-state index in [1.165, 1.54) is 0 Å². The first kappa shape index (κ1) is 17.4. The van der Waals surface area contributed by atoms with Gasteiger partial charge in [-0.1, -0.05) is 7.43 Å². The van der Waals surface area contributed by atoms with Crippen molar-refractivity contribution in [3.8, 4) is 0 Å². The number of esters is 3. The van der Waals surface area contributed by atoms with Gasteiger partial charge < -0.3 is 14.2 Å². The van der Waals surface area contributed by atoms with Gasteiger partial charge in [-0.3, -0.25) is 14.4 Å². The highest BCUT2D eigenvalue weighted by Gasteiger charge is 2.23. The predicted molar refractivity (Wildman–Crippen MR) is 67.2 cm³/mol. The van der Waals surface area contributed by atoms with Gasteiger partial charge in [-0.15, -0.1) is 0 Å². The quantitative estimate of drug-likeness (QED) is 0.493. The summed E-state index contributed by atoms with van der Waals surface area (Å²) >= 11 is 0. The normalized spacial score (nSPS) is 29.8. The van der Waals surface area contributed by atoms with Gasteiger partial charge in [0.2, 0.25) is 0 Å². The molecule has 19 heavy (non-hydrogen) atoms. The first-order valence-electron chi connectivity index (χ1n) is 5.95. The second-order valence-electron chi connectivity index (χ2n) is 4.51. The van der Waals surface area contributed by atoms with Crippen molar-refractivity contribution in [1.29, 1.82) is 0 Å². The van der Waals surface area contributed by atoms with Crippen LogP contribution in [0.25, 0.3) is 0 Å². The summed E-state index contributed by atoms with van der Waals surface area (Å²) in [4.78, 5) is 34.3. The number of hydrogen-bond acceptors (Lipinski definition) is 6. The summed E-state index contributed by atoms with van der Waals surface area (Å²) in [5.41, 5.74) is 0. The van der Waals surface area contributed by atoms with Gasteiger partial charge in [0.25, 0.3) is 0 Å². The van der Waals surface area contributed by atoms with Crippen molar-refractivity contribution in [2.45, 2.75) is 65.8 Å². The van der Waals surface area contributed by atoms with Crippen LogP contribution in [0, 0.1) is 0 Å². The maximum atomic E-state index is 11.4. The van der Waals surface area contributed by atoms with Crippen molar-refractivity contribution in [2.24, 2.45) is 0 Å². The molecule has 3 atom stereocenters. The molecule has 1 heterocycles. The lowest BCUT2D eigenvalue weighted by atomic mass is 10.2. The minimum Gasteiger partial charge on any atom is -0.462 e. The predicted octanol–water partition coefficient (Wildman–Crippen LogP) is 1.60. The van der Waals surface area contributed by atoms with Crippen molar-refractivity contribution in [3.63, 3.8) is 0 Å². The Labute approximate surface area is 113 Å². The molecule has 0 amide bonds. The largest absolute Gasteiger partial charge is 0.462 e. The highest BCUT2D eigenvalue weighted by atomic mass is 16.6. The van der Waals surface area contributed by atoms with Crippen LogP contribution in [-0.2, 0) is 28.6 Å². The van der Waals surface area contributed by atoms with Crippen LogP contribution in [0.3, 0.4) is 0 Å². The van der Waals surface area contributed by atoms with Gasteiger partial charge in [0, 0.05) is 0 Å². The Hall–Kier alpha value is -1.59. The molecule has 1 saturated heterocycles. The highest BCUT2D eigenvalue weighted by molar-refractivity contribution is 5.75. The van der Waals surface area contributed by atoms with E-state index in [1.54, 1.807) is 20.8 Å². The third-order valence-electron chi connectivity index (χ3n) is 2.36. The lowest BCUT2D eigenvalue weighted by molar-refractivity contribution is -0.165. The van der Waals surface area contributed by atoms with Gasteiger partial charge in [-0.2, -0.15) is 0 Å². The van der Waals surface area contributed by atoms with E-state index in [-0.39, 0.29) is 26.7 Å². The minimum absolute atomic E-state index is 0. The average molecular weight is 274 g/mol. The van der Waals surface area contributed by atoms with Crippen LogP contribution in [0.1, 0.15) is 47.5 Å². The van der Waals surface area contributed by atoms with Crippen molar-refractivity contribution in [1.82, 2.24) is 0 Å². The Morgan fingerprint density at radius 2 is 0.895 bits per heavy atom. The van der Waals surface area contributed by atoms with E-state index < -0.39 is 36.2 Å². The molecule has 0 aliphatic carbocycles. The molecular formula is C13H22O6. The molecule has 0 aromatic carbocycles. The Balaban J connectivity index is 0.00000324. The summed E-state index contributed by atoms with van der Waals surface area (Å²) in [7, 11) is 0. The lowest BCUT2D eigenvalue weighted by Gasteiger charge is -2.20. The number of carbonyl (C=O) groups is 3. The molecule has 0 saturated carbocycles. The minimum atomic E-state index is -0.542. The molecule has 0 unspecified atom stereocenters. The average Bonchev–Trinajstić information content (AvgIpc) is 2.12. The first-order valence-corrected chi connectivity index (χ1v) is 5.95. The molecule has 6 nitrogen and oxygen atoms in total. The van der Waals surface area contributed by atoms with Gasteiger partial charge in [-0.25, -0.2) is 0 Å². The van der Waals surface area contributed by atoms with Gasteiger partial charge in [0.1, 0.15) is 18.3 Å². The standard InChI is InChI=1S/C12H18O6.CH4/c1-7-4-10(13)17-9(3)6-12(15)18-8(2)5-11(14)16-7;/h7-9H,4-6H2,1-3H3;1H4/t7-,8-,9-;/m1./s1. The summed E-state index contributed by atoms with van der Waals surface area (Å²) in [5.74, 6) is -1.49. The molecule has 1 rings (SSSR count). The van der Waals surface area contributed by atoms with E-state index in [9.17, 15) is 14.4 Å². The molecule has 0 spiro atoms. The molecule has 1 aliphatic rings. The highest BCUT2D eigenvalue weighted by Crippen LogP contribution is 2.11. The van der Waals surface area contributed by atoms with Gasteiger partial charge >= 0.3 is 17.9 Å². The van der Waals surface area contributed by atoms with E-state index in [2.05, 4.69) is 0 Å². The summed E-state index contributed by atoms with van der Waals surface area (Å²) in [6.45, 7) is 4.85. The first-order chi connectivity index (χ1) is 8.36. The molecule has 0 bridgehead atoms. The zero-order valence-electron chi connectivity index (χ0n) is 10.8. The van der Waals surface area contributed by atoms with Crippen LogP contribution < -0.4 is 0 Å². The van der Waals surface area contributed by atoms with Gasteiger partial charge in [-0.05, 0) is 20.8 Å². The van der Waals surface area contributed by atoms with Crippen molar-refractivity contribution >= 4 is 17.9 Å². The number of rotatable bonds is 0. The van der Waals surface area contributed by atoms with E-state index in [4.69, 9.17) is 14.2 Å². The third-order valence-corrected chi connectivity index (χ3v) is 2.36. The van der Waals surface area contributed by atoms with Crippen LogP contribution in [-0.4, -0.2) is 36.2 Å². The van der Waals surface area contributed by atoms with Crippen LogP contribution in [0.15, 0.2) is 0 Å². The molecule has 0 radical (unpaired) electrons. The van der Waals surface area contributed by atoms with Crippen LogP contribution in [0.4, 0.5) is 0 Å².